The number of rotatable bonds is 6. The van der Waals surface area contributed by atoms with Gasteiger partial charge in [-0.3, -0.25) is 0 Å². The van der Waals surface area contributed by atoms with Crippen LogP contribution in [-0.2, 0) is 0 Å². The molecule has 0 radical (unpaired) electrons. The molecule has 0 heterocycles. The highest BCUT2D eigenvalue weighted by atomic mass is 79.9. The highest BCUT2D eigenvalue weighted by Gasteiger charge is 2.10. The Balaban J connectivity index is 1.94. The number of aryl methyl sites for hydroxylation is 1. The van der Waals surface area contributed by atoms with E-state index < -0.39 is 5.97 Å². The first-order chi connectivity index (χ1) is 10.5. The van der Waals surface area contributed by atoms with Gasteiger partial charge in [-0.1, -0.05) is 28.1 Å². The Kier molecular flexibility index (Phi) is 5.44. The third kappa shape index (κ3) is 4.01. The van der Waals surface area contributed by atoms with Gasteiger partial charge in [0.1, 0.15) is 12.4 Å². The number of anilines is 1. The van der Waals surface area contributed by atoms with E-state index in [4.69, 9.17) is 4.74 Å². The lowest BCUT2D eigenvalue weighted by Crippen LogP contribution is -2.14. The second-order valence-corrected chi connectivity index (χ2v) is 5.88. The number of benzene rings is 2. The molecule has 5 heteroatoms. The molecule has 0 aliphatic carbocycles. The zero-order valence-corrected chi connectivity index (χ0v) is 14.1. The fourth-order valence-corrected chi connectivity index (χ4v) is 2.44. The summed E-state index contributed by atoms with van der Waals surface area (Å²) in [4.78, 5) is 11.2. The molecule has 116 valence electrons. The van der Waals surface area contributed by atoms with Crippen molar-refractivity contribution in [3.05, 3.63) is 57.6 Å². The molecule has 2 aromatic carbocycles. The van der Waals surface area contributed by atoms with Gasteiger partial charge in [0.2, 0.25) is 0 Å². The Labute approximate surface area is 138 Å². The molecule has 0 unspecified atom stereocenters. The molecule has 0 aliphatic heterocycles. The minimum atomic E-state index is -0.959. The van der Waals surface area contributed by atoms with Crippen LogP contribution in [0.5, 0.6) is 5.75 Å². The topological polar surface area (TPSA) is 58.6 Å². The van der Waals surface area contributed by atoms with Crippen LogP contribution in [0, 0.1) is 13.8 Å². The van der Waals surface area contributed by atoms with Gasteiger partial charge in [0.05, 0.1) is 5.56 Å². The number of aromatic carboxylic acids is 1. The molecule has 4 nitrogen and oxygen atoms in total. The summed E-state index contributed by atoms with van der Waals surface area (Å²) in [7, 11) is 0. The van der Waals surface area contributed by atoms with Crippen molar-refractivity contribution >= 4 is 27.6 Å². The molecule has 2 aromatic rings. The molecular formula is C17H18BrNO3. The largest absolute Gasteiger partial charge is 0.491 e. The minimum Gasteiger partial charge on any atom is -0.491 e. The third-order valence-electron chi connectivity index (χ3n) is 3.44. The highest BCUT2D eigenvalue weighted by Crippen LogP contribution is 2.22. The van der Waals surface area contributed by atoms with Crippen LogP contribution >= 0.6 is 15.9 Å². The van der Waals surface area contributed by atoms with Crippen molar-refractivity contribution in [2.75, 3.05) is 18.5 Å². The molecule has 0 aromatic heterocycles. The van der Waals surface area contributed by atoms with Crippen LogP contribution < -0.4 is 10.1 Å². The molecule has 2 N–H and O–H groups in total. The normalized spacial score (nSPS) is 10.3. The van der Waals surface area contributed by atoms with Crippen molar-refractivity contribution in [2.45, 2.75) is 13.8 Å². The molecule has 0 aliphatic rings. The minimum absolute atomic E-state index is 0.237. The van der Waals surface area contributed by atoms with E-state index in [1.54, 1.807) is 18.2 Å². The lowest BCUT2D eigenvalue weighted by Gasteiger charge is -2.13. The summed E-state index contributed by atoms with van der Waals surface area (Å²) in [5.74, 6) is -0.102. The third-order valence-corrected chi connectivity index (χ3v) is 3.94. The number of hydrogen-bond acceptors (Lipinski definition) is 3. The summed E-state index contributed by atoms with van der Waals surface area (Å²) in [5.41, 5.74) is 3.13. The van der Waals surface area contributed by atoms with E-state index in [9.17, 15) is 9.90 Å². The van der Waals surface area contributed by atoms with Gasteiger partial charge in [0, 0.05) is 16.7 Å². The van der Waals surface area contributed by atoms with Crippen molar-refractivity contribution in [1.82, 2.24) is 0 Å². The SMILES string of the molecule is Cc1cccc(OCCNc2ccc(Br)cc2C(=O)O)c1C. The number of nitrogens with one attached hydrogen (secondary N) is 1. The summed E-state index contributed by atoms with van der Waals surface area (Å²) in [5, 5.41) is 12.3. The summed E-state index contributed by atoms with van der Waals surface area (Å²) >= 11 is 3.28. The van der Waals surface area contributed by atoms with E-state index in [1.165, 1.54) is 5.56 Å². The molecule has 2 rings (SSSR count). The lowest BCUT2D eigenvalue weighted by atomic mass is 10.1. The average Bonchev–Trinajstić information content (AvgIpc) is 2.48. The Hall–Kier alpha value is -2.01. The quantitative estimate of drug-likeness (QED) is 0.753. The maximum atomic E-state index is 11.2. The van der Waals surface area contributed by atoms with Gasteiger partial charge in [-0.05, 0) is 49.2 Å². The smallest absolute Gasteiger partial charge is 0.337 e. The van der Waals surface area contributed by atoms with Crippen LogP contribution in [0.2, 0.25) is 0 Å². The van der Waals surface area contributed by atoms with Gasteiger partial charge in [-0.25, -0.2) is 4.79 Å². The monoisotopic (exact) mass is 363 g/mol. The van der Waals surface area contributed by atoms with Gasteiger partial charge in [-0.15, -0.1) is 0 Å². The maximum Gasteiger partial charge on any atom is 0.337 e. The second kappa shape index (κ2) is 7.31. The number of ether oxygens (including phenoxy) is 1. The predicted molar refractivity (Wildman–Crippen MR) is 91.0 cm³/mol. The van der Waals surface area contributed by atoms with E-state index in [0.717, 1.165) is 15.8 Å². The molecule has 0 saturated carbocycles. The van der Waals surface area contributed by atoms with Crippen LogP contribution in [0.4, 0.5) is 5.69 Å². The molecular weight excluding hydrogens is 346 g/mol. The Morgan fingerprint density at radius 2 is 2.05 bits per heavy atom. The molecule has 0 spiro atoms. The van der Waals surface area contributed by atoms with Gasteiger partial charge < -0.3 is 15.2 Å². The molecule has 0 bridgehead atoms. The van der Waals surface area contributed by atoms with Crippen LogP contribution in [0.1, 0.15) is 21.5 Å². The summed E-state index contributed by atoms with van der Waals surface area (Å²) in [6.07, 6.45) is 0. The van der Waals surface area contributed by atoms with Crippen LogP contribution in [-0.4, -0.2) is 24.2 Å². The van der Waals surface area contributed by atoms with Crippen LogP contribution in [0.15, 0.2) is 40.9 Å². The van der Waals surface area contributed by atoms with Crippen LogP contribution in [0.25, 0.3) is 0 Å². The molecule has 0 amide bonds. The van der Waals surface area contributed by atoms with E-state index in [1.807, 2.05) is 32.0 Å². The number of carboxylic acids is 1. The summed E-state index contributed by atoms with van der Waals surface area (Å²) in [6.45, 7) is 5.05. The molecule has 0 atom stereocenters. The van der Waals surface area contributed by atoms with Crippen molar-refractivity contribution < 1.29 is 14.6 Å². The predicted octanol–water partition coefficient (Wildman–Crippen LogP) is 4.26. The maximum absolute atomic E-state index is 11.2. The van der Waals surface area contributed by atoms with Crippen molar-refractivity contribution in [3.8, 4) is 5.75 Å². The fourth-order valence-electron chi connectivity index (χ4n) is 2.07. The van der Waals surface area contributed by atoms with E-state index >= 15 is 0 Å². The zero-order chi connectivity index (χ0) is 16.1. The number of carbonyl (C=O) groups is 1. The van der Waals surface area contributed by atoms with Gasteiger partial charge >= 0.3 is 5.97 Å². The summed E-state index contributed by atoms with van der Waals surface area (Å²) in [6, 6.07) is 11.1. The first-order valence-corrected chi connectivity index (χ1v) is 7.74. The molecule has 22 heavy (non-hydrogen) atoms. The Morgan fingerprint density at radius 1 is 1.27 bits per heavy atom. The highest BCUT2D eigenvalue weighted by molar-refractivity contribution is 9.10. The van der Waals surface area contributed by atoms with Crippen molar-refractivity contribution in [3.63, 3.8) is 0 Å². The van der Waals surface area contributed by atoms with E-state index in [2.05, 4.69) is 21.2 Å². The fraction of sp³-hybridized carbons (Fsp3) is 0.235. The zero-order valence-electron chi connectivity index (χ0n) is 12.5. The van der Waals surface area contributed by atoms with Crippen molar-refractivity contribution in [2.24, 2.45) is 0 Å². The summed E-state index contributed by atoms with van der Waals surface area (Å²) < 4.78 is 6.48. The Morgan fingerprint density at radius 3 is 2.77 bits per heavy atom. The van der Waals surface area contributed by atoms with Gasteiger partial charge in [0.25, 0.3) is 0 Å². The molecule has 0 saturated heterocycles. The second-order valence-electron chi connectivity index (χ2n) is 4.97. The Bertz CT molecular complexity index is 686. The lowest BCUT2D eigenvalue weighted by molar-refractivity contribution is 0.0698. The van der Waals surface area contributed by atoms with E-state index in [0.29, 0.717) is 18.8 Å². The standard InChI is InChI=1S/C17H18BrNO3/c1-11-4-3-5-16(12(11)2)22-9-8-19-15-7-6-13(18)10-14(15)17(20)21/h3-7,10,19H,8-9H2,1-2H3,(H,20,21). The number of halogens is 1. The number of hydrogen-bond donors (Lipinski definition) is 2. The van der Waals surface area contributed by atoms with E-state index in [-0.39, 0.29) is 5.56 Å². The number of carboxylic acid groups (broad SMARTS) is 1. The van der Waals surface area contributed by atoms with Gasteiger partial charge in [-0.2, -0.15) is 0 Å². The van der Waals surface area contributed by atoms with Crippen LogP contribution in [0.3, 0.4) is 0 Å². The first-order valence-electron chi connectivity index (χ1n) is 6.95. The molecule has 0 fully saturated rings. The average molecular weight is 364 g/mol. The van der Waals surface area contributed by atoms with Gasteiger partial charge in [0.15, 0.2) is 0 Å². The van der Waals surface area contributed by atoms with Crippen molar-refractivity contribution in [1.29, 1.82) is 0 Å². The first kappa shape index (κ1) is 16.4.